The predicted molar refractivity (Wildman–Crippen MR) is 95.5 cm³/mol. The molecule has 0 N–H and O–H groups in total. The van der Waals surface area contributed by atoms with Crippen LogP contribution in [-0.2, 0) is 0 Å². The highest BCUT2D eigenvalue weighted by Gasteiger charge is 2.17. The second kappa shape index (κ2) is 11.3. The Bertz CT molecular complexity index is 435. The Balaban J connectivity index is 0.00000484. The lowest BCUT2D eigenvalue weighted by Crippen LogP contribution is -3.00. The summed E-state index contributed by atoms with van der Waals surface area (Å²) >= 11 is 0. The van der Waals surface area contributed by atoms with Crippen LogP contribution in [0.4, 0.5) is 0 Å². The van der Waals surface area contributed by atoms with Gasteiger partial charge in [-0.1, -0.05) is 19.1 Å². The van der Waals surface area contributed by atoms with E-state index in [1.54, 1.807) is 0 Å². The normalized spacial score (nSPS) is 12.8. The minimum Gasteiger partial charge on any atom is -1.00 e. The number of nitrogens with zero attached hydrogens (tertiary/aromatic N) is 2. The summed E-state index contributed by atoms with van der Waals surface area (Å²) in [5, 5.41) is 0. The van der Waals surface area contributed by atoms with Crippen LogP contribution < -0.4 is 28.7 Å². The van der Waals surface area contributed by atoms with Gasteiger partial charge in [-0.2, -0.15) is 0 Å². The number of ether oxygens (including phenoxy) is 1. The molecule has 0 fully saturated rings. The van der Waals surface area contributed by atoms with Crippen LogP contribution in [0.2, 0.25) is 0 Å². The van der Waals surface area contributed by atoms with Gasteiger partial charge in [0.05, 0.1) is 20.6 Å². The summed E-state index contributed by atoms with van der Waals surface area (Å²) in [5.74, 6) is 1.77. The van der Waals surface area contributed by atoms with Crippen molar-refractivity contribution < 1.29 is 33.2 Å². The van der Waals surface area contributed by atoms with E-state index in [2.05, 4.69) is 65.1 Å². The smallest absolute Gasteiger partial charge is 0.137 e. The van der Waals surface area contributed by atoms with Crippen LogP contribution in [0.1, 0.15) is 25.3 Å². The molecule has 0 bridgehead atoms. The van der Waals surface area contributed by atoms with Gasteiger partial charge < -0.3 is 38.1 Å². The Kier molecular flexibility index (Phi) is 11.1. The third-order valence-corrected chi connectivity index (χ3v) is 4.25. The molecule has 0 aromatic heterocycles. The minimum atomic E-state index is 0. The highest BCUT2D eigenvalue weighted by molar-refractivity contribution is 5.27. The van der Waals surface area contributed by atoms with Crippen LogP contribution in [0.3, 0.4) is 0 Å². The fourth-order valence-corrected chi connectivity index (χ4v) is 2.42. The Morgan fingerprint density at radius 2 is 1.83 bits per heavy atom. The molecule has 1 aromatic rings. The highest BCUT2D eigenvalue weighted by Crippen LogP contribution is 2.14. The molecule has 0 saturated heterocycles. The van der Waals surface area contributed by atoms with E-state index in [1.165, 1.54) is 31.5 Å². The van der Waals surface area contributed by atoms with Gasteiger partial charge in [-0.15, -0.1) is 0 Å². The summed E-state index contributed by atoms with van der Waals surface area (Å²) in [6.45, 7) is 8.70. The SMILES string of the molecule is Cc1cccc(OCC[N+](C)(C)CCC(C)CCN(C)C)c1.[I-]. The molecule has 0 saturated carbocycles. The quantitative estimate of drug-likeness (QED) is 0.392. The zero-order chi connectivity index (χ0) is 16.6. The molecule has 1 unspecified atom stereocenters. The lowest BCUT2D eigenvalue weighted by molar-refractivity contribution is -0.890. The second-order valence-electron chi connectivity index (χ2n) is 7.53. The van der Waals surface area contributed by atoms with Crippen LogP contribution in [0, 0.1) is 12.8 Å². The lowest BCUT2D eigenvalue weighted by atomic mass is 10.0. The van der Waals surface area contributed by atoms with Crippen molar-refractivity contribution in [2.24, 2.45) is 5.92 Å². The van der Waals surface area contributed by atoms with Gasteiger partial charge in [0.15, 0.2) is 0 Å². The number of hydrogen-bond acceptors (Lipinski definition) is 2. The first-order valence-electron chi connectivity index (χ1n) is 8.45. The molecule has 1 rings (SSSR count). The highest BCUT2D eigenvalue weighted by atomic mass is 127. The van der Waals surface area contributed by atoms with Crippen molar-refractivity contribution in [1.29, 1.82) is 0 Å². The first kappa shape index (κ1) is 22.7. The summed E-state index contributed by atoms with van der Waals surface area (Å²) in [7, 11) is 8.90. The molecule has 0 aliphatic rings. The number of rotatable bonds is 10. The van der Waals surface area contributed by atoms with Gasteiger partial charge >= 0.3 is 0 Å². The van der Waals surface area contributed by atoms with E-state index >= 15 is 0 Å². The lowest BCUT2D eigenvalue weighted by Gasteiger charge is -2.31. The number of halogens is 1. The fraction of sp³-hybridized carbons (Fsp3) is 0.684. The van der Waals surface area contributed by atoms with Crippen molar-refractivity contribution in [3.8, 4) is 5.75 Å². The van der Waals surface area contributed by atoms with Gasteiger partial charge in [-0.25, -0.2) is 0 Å². The number of aryl methyl sites for hydroxylation is 1. The van der Waals surface area contributed by atoms with E-state index in [0.29, 0.717) is 0 Å². The maximum absolute atomic E-state index is 5.89. The predicted octanol–water partition coefficient (Wildman–Crippen LogP) is 0.432. The van der Waals surface area contributed by atoms with E-state index in [1.807, 2.05) is 6.07 Å². The summed E-state index contributed by atoms with van der Waals surface area (Å²) in [5.41, 5.74) is 1.25. The van der Waals surface area contributed by atoms with E-state index in [9.17, 15) is 0 Å². The Labute approximate surface area is 160 Å². The van der Waals surface area contributed by atoms with Gasteiger partial charge in [0, 0.05) is 0 Å². The number of likely N-dealkylation sites (N-methyl/N-ethyl adjacent to an activating group) is 1. The van der Waals surface area contributed by atoms with Crippen LogP contribution >= 0.6 is 0 Å². The summed E-state index contributed by atoms with van der Waals surface area (Å²) in [6.07, 6.45) is 2.57. The molecule has 0 spiro atoms. The van der Waals surface area contributed by atoms with Gasteiger partial charge in [0.25, 0.3) is 0 Å². The van der Waals surface area contributed by atoms with Crippen molar-refractivity contribution in [3.63, 3.8) is 0 Å². The topological polar surface area (TPSA) is 12.5 Å². The van der Waals surface area contributed by atoms with E-state index in [0.717, 1.165) is 29.3 Å². The third kappa shape index (κ3) is 11.0. The monoisotopic (exact) mass is 434 g/mol. The largest absolute Gasteiger partial charge is 1.00 e. The maximum Gasteiger partial charge on any atom is 0.137 e. The van der Waals surface area contributed by atoms with Crippen LogP contribution in [0.15, 0.2) is 24.3 Å². The molecule has 0 amide bonds. The summed E-state index contributed by atoms with van der Waals surface area (Å²) in [4.78, 5) is 2.27. The molecule has 3 nitrogen and oxygen atoms in total. The van der Waals surface area contributed by atoms with Gasteiger partial charge in [-0.3, -0.25) is 0 Å². The summed E-state index contributed by atoms with van der Waals surface area (Å²) < 4.78 is 6.91. The molecule has 0 aliphatic heterocycles. The van der Waals surface area contributed by atoms with Gasteiger partial charge in [0.2, 0.25) is 0 Å². The average Bonchev–Trinajstić information content (AvgIpc) is 2.43. The molecule has 1 atom stereocenters. The Morgan fingerprint density at radius 1 is 1.13 bits per heavy atom. The summed E-state index contributed by atoms with van der Waals surface area (Å²) in [6, 6.07) is 8.29. The molecule has 134 valence electrons. The van der Waals surface area contributed by atoms with E-state index < -0.39 is 0 Å². The van der Waals surface area contributed by atoms with Crippen LogP contribution in [0.5, 0.6) is 5.75 Å². The molecule has 0 heterocycles. The average molecular weight is 434 g/mol. The van der Waals surface area contributed by atoms with Gasteiger partial charge in [0.1, 0.15) is 18.9 Å². The molecule has 1 aromatic carbocycles. The van der Waals surface area contributed by atoms with Crippen LogP contribution in [0.25, 0.3) is 0 Å². The standard InChI is InChI=1S/C19H35N2O.HI/c1-17(10-12-20(3)4)11-13-21(5,6)14-15-22-19-9-7-8-18(2)16-19;/h7-9,16-17H,10-15H2,1-6H3;1H/q+1;/p-1. The first-order chi connectivity index (χ1) is 10.3. The zero-order valence-corrected chi connectivity index (χ0v) is 18.0. The minimum absolute atomic E-state index is 0. The Hall–Kier alpha value is -0.330. The van der Waals surface area contributed by atoms with Crippen molar-refractivity contribution in [1.82, 2.24) is 4.90 Å². The first-order valence-corrected chi connectivity index (χ1v) is 8.45. The third-order valence-electron chi connectivity index (χ3n) is 4.25. The maximum atomic E-state index is 5.89. The number of benzene rings is 1. The molecule has 23 heavy (non-hydrogen) atoms. The Morgan fingerprint density at radius 3 is 2.43 bits per heavy atom. The van der Waals surface area contributed by atoms with Crippen LogP contribution in [-0.4, -0.2) is 63.8 Å². The van der Waals surface area contributed by atoms with Gasteiger partial charge in [-0.05, 0) is 64.0 Å². The number of hydrogen-bond donors (Lipinski definition) is 0. The van der Waals surface area contributed by atoms with Crippen molar-refractivity contribution in [2.45, 2.75) is 26.7 Å². The number of quaternary nitrogens is 1. The molecular formula is C19H35IN2O. The molecule has 4 heteroatoms. The van der Waals surface area contributed by atoms with Crippen molar-refractivity contribution >= 4 is 0 Å². The van der Waals surface area contributed by atoms with E-state index in [-0.39, 0.29) is 24.0 Å². The molecular weight excluding hydrogens is 399 g/mol. The second-order valence-corrected chi connectivity index (χ2v) is 7.53. The van der Waals surface area contributed by atoms with E-state index in [4.69, 9.17) is 4.74 Å². The van der Waals surface area contributed by atoms with Crippen molar-refractivity contribution in [3.05, 3.63) is 29.8 Å². The molecule has 0 aliphatic carbocycles. The fourth-order valence-electron chi connectivity index (χ4n) is 2.42. The molecule has 0 radical (unpaired) electrons. The van der Waals surface area contributed by atoms with Crippen molar-refractivity contribution in [2.75, 3.05) is 54.4 Å². The zero-order valence-electron chi connectivity index (χ0n) is 15.8.